The molecule has 0 aliphatic carbocycles. The lowest BCUT2D eigenvalue weighted by molar-refractivity contribution is -0.137. The molecule has 1 aromatic carbocycles. The second kappa shape index (κ2) is 6.63. The van der Waals surface area contributed by atoms with Crippen LogP contribution in [0.3, 0.4) is 0 Å². The number of halogens is 4. The molecule has 0 heterocycles. The van der Waals surface area contributed by atoms with Crippen LogP contribution in [-0.4, -0.2) is 0 Å². The molecule has 22 heavy (non-hydrogen) atoms. The van der Waals surface area contributed by atoms with E-state index in [2.05, 4.69) is 21.2 Å². The van der Waals surface area contributed by atoms with E-state index >= 15 is 0 Å². The molecule has 1 N–H and O–H groups in total. The molecule has 0 fully saturated rings. The van der Waals surface area contributed by atoms with Crippen molar-refractivity contribution >= 4 is 21.6 Å². The molecular formula is C13H3BrF3N5. The third kappa shape index (κ3) is 3.55. The third-order valence-corrected chi connectivity index (χ3v) is 3.03. The average molecular weight is 366 g/mol. The van der Waals surface area contributed by atoms with Gasteiger partial charge in [-0.1, -0.05) is 0 Å². The van der Waals surface area contributed by atoms with Crippen molar-refractivity contribution in [2.45, 2.75) is 6.18 Å². The molecule has 0 amide bonds. The molecule has 0 saturated heterocycles. The fraction of sp³-hybridized carbons (Fsp3) is 0.0769. The summed E-state index contributed by atoms with van der Waals surface area (Å²) >= 11 is 2.96. The van der Waals surface area contributed by atoms with Gasteiger partial charge in [0.1, 0.15) is 23.9 Å². The number of hydrogen-bond acceptors (Lipinski definition) is 5. The fourth-order valence-electron chi connectivity index (χ4n) is 1.41. The molecule has 0 aliphatic heterocycles. The van der Waals surface area contributed by atoms with Gasteiger partial charge in [-0.2, -0.15) is 34.2 Å². The Kier molecular flexibility index (Phi) is 5.13. The Morgan fingerprint density at radius 1 is 1.05 bits per heavy atom. The molecule has 1 aromatic rings. The molecule has 0 bridgehead atoms. The van der Waals surface area contributed by atoms with Crippen LogP contribution in [0.1, 0.15) is 11.1 Å². The Bertz CT molecular complexity index is 797. The number of nitriles is 4. The van der Waals surface area contributed by atoms with Gasteiger partial charge in [0.15, 0.2) is 5.57 Å². The maximum atomic E-state index is 12.9. The molecule has 0 saturated carbocycles. The normalized spacial score (nSPS) is 9.64. The minimum absolute atomic E-state index is 0.0695. The molecule has 0 radical (unpaired) electrons. The first-order valence-corrected chi connectivity index (χ1v) is 6.10. The number of allylic oxidation sites excluding steroid dienone is 2. The molecule has 0 aromatic heterocycles. The van der Waals surface area contributed by atoms with Crippen molar-refractivity contribution in [1.29, 1.82) is 21.0 Å². The highest BCUT2D eigenvalue weighted by molar-refractivity contribution is 9.10. The van der Waals surface area contributed by atoms with Gasteiger partial charge in [-0.3, -0.25) is 0 Å². The monoisotopic (exact) mass is 365 g/mol. The van der Waals surface area contributed by atoms with Gasteiger partial charge in [-0.15, -0.1) is 0 Å². The van der Waals surface area contributed by atoms with Crippen LogP contribution in [0, 0.1) is 45.3 Å². The lowest BCUT2D eigenvalue weighted by Crippen LogP contribution is -2.10. The van der Waals surface area contributed by atoms with Crippen molar-refractivity contribution in [3.8, 4) is 24.3 Å². The molecule has 9 heteroatoms. The molecule has 5 nitrogen and oxygen atoms in total. The summed E-state index contributed by atoms with van der Waals surface area (Å²) in [5, 5.41) is 37.3. The first kappa shape index (κ1) is 17.0. The molecular weight excluding hydrogens is 363 g/mol. The van der Waals surface area contributed by atoms with E-state index in [1.165, 1.54) is 24.3 Å². The largest absolute Gasteiger partial charge is 0.417 e. The van der Waals surface area contributed by atoms with E-state index in [-0.39, 0.29) is 10.2 Å². The zero-order valence-electron chi connectivity index (χ0n) is 10.5. The summed E-state index contributed by atoms with van der Waals surface area (Å²) in [5.41, 5.74) is -3.08. The zero-order chi connectivity index (χ0) is 16.9. The van der Waals surface area contributed by atoms with Crippen LogP contribution in [0.15, 0.2) is 27.9 Å². The van der Waals surface area contributed by atoms with E-state index in [1.54, 1.807) is 0 Å². The average Bonchev–Trinajstić information content (AvgIpc) is 2.47. The summed E-state index contributed by atoms with van der Waals surface area (Å²) in [5.74, 6) is 0. The Morgan fingerprint density at radius 2 is 1.64 bits per heavy atom. The molecule has 0 aliphatic rings. The molecule has 108 valence electrons. The highest BCUT2D eigenvalue weighted by Gasteiger charge is 2.34. The van der Waals surface area contributed by atoms with E-state index in [4.69, 9.17) is 21.0 Å². The third-order valence-electron chi connectivity index (χ3n) is 2.38. The van der Waals surface area contributed by atoms with Crippen molar-refractivity contribution < 1.29 is 13.2 Å². The lowest BCUT2D eigenvalue weighted by Gasteiger charge is -2.13. The maximum absolute atomic E-state index is 12.9. The SMILES string of the molecule is N#CC(C#N)=C(C#N)Nc1cc(C(F)(F)F)c(C#N)cc1Br. The minimum Gasteiger partial charge on any atom is -0.344 e. The van der Waals surface area contributed by atoms with Gasteiger partial charge in [0.05, 0.1) is 22.9 Å². The van der Waals surface area contributed by atoms with Crippen LogP contribution in [0.25, 0.3) is 0 Å². The van der Waals surface area contributed by atoms with Crippen LogP contribution in [0.5, 0.6) is 0 Å². The number of alkyl halides is 3. The summed E-state index contributed by atoms with van der Waals surface area (Å²) in [6.07, 6.45) is -4.77. The van der Waals surface area contributed by atoms with Crippen LogP contribution in [0.4, 0.5) is 18.9 Å². The quantitative estimate of drug-likeness (QED) is 0.805. The topological polar surface area (TPSA) is 107 Å². The van der Waals surface area contributed by atoms with Gasteiger partial charge in [-0.25, -0.2) is 0 Å². The van der Waals surface area contributed by atoms with Gasteiger partial charge < -0.3 is 5.32 Å². The van der Waals surface area contributed by atoms with Gasteiger partial charge in [0.25, 0.3) is 0 Å². The maximum Gasteiger partial charge on any atom is 0.417 e. The first-order valence-electron chi connectivity index (χ1n) is 5.31. The zero-order valence-corrected chi connectivity index (χ0v) is 12.0. The van der Waals surface area contributed by atoms with E-state index in [0.717, 1.165) is 6.07 Å². The van der Waals surface area contributed by atoms with Crippen molar-refractivity contribution in [2.75, 3.05) is 5.32 Å². The highest BCUT2D eigenvalue weighted by Crippen LogP contribution is 2.37. The standard InChI is InChI=1S/C13H3BrF3N5/c14-10-1-7(3-18)9(13(15,16)17)2-11(10)22-12(6-21)8(4-19)5-20/h1-2,22H. The van der Waals surface area contributed by atoms with Crippen LogP contribution >= 0.6 is 15.9 Å². The van der Waals surface area contributed by atoms with Gasteiger partial charge in [0.2, 0.25) is 0 Å². The van der Waals surface area contributed by atoms with E-state index < -0.39 is 28.6 Å². The predicted octanol–water partition coefficient (Wildman–Crippen LogP) is 3.58. The Balaban J connectivity index is 3.50. The van der Waals surface area contributed by atoms with Crippen LogP contribution in [-0.2, 0) is 6.18 Å². The van der Waals surface area contributed by atoms with E-state index in [1.807, 2.05) is 0 Å². The number of rotatable bonds is 2. The molecule has 0 atom stereocenters. The lowest BCUT2D eigenvalue weighted by atomic mass is 10.1. The summed E-state index contributed by atoms with van der Waals surface area (Å²) in [6.45, 7) is 0. The van der Waals surface area contributed by atoms with Crippen molar-refractivity contribution in [1.82, 2.24) is 0 Å². The molecule has 0 spiro atoms. The Morgan fingerprint density at radius 3 is 2.05 bits per heavy atom. The summed E-state index contributed by atoms with van der Waals surface area (Å²) in [6, 6.07) is 7.40. The highest BCUT2D eigenvalue weighted by atomic mass is 79.9. The molecule has 1 rings (SSSR count). The number of hydrogen-bond donors (Lipinski definition) is 1. The van der Waals surface area contributed by atoms with Gasteiger partial charge in [0, 0.05) is 4.47 Å². The first-order chi connectivity index (χ1) is 10.3. The smallest absolute Gasteiger partial charge is 0.344 e. The fourth-order valence-corrected chi connectivity index (χ4v) is 1.86. The number of anilines is 1. The van der Waals surface area contributed by atoms with Crippen molar-refractivity contribution in [3.63, 3.8) is 0 Å². The summed E-state index contributed by atoms with van der Waals surface area (Å²) in [7, 11) is 0. The second-order valence-corrected chi connectivity index (χ2v) is 4.55. The summed E-state index contributed by atoms with van der Waals surface area (Å²) < 4.78 is 38.7. The number of benzene rings is 1. The van der Waals surface area contributed by atoms with Crippen LogP contribution in [0.2, 0.25) is 0 Å². The van der Waals surface area contributed by atoms with Crippen LogP contribution < -0.4 is 5.32 Å². The summed E-state index contributed by atoms with van der Waals surface area (Å²) in [4.78, 5) is 0. The molecule has 0 unspecified atom stereocenters. The van der Waals surface area contributed by atoms with Crippen molar-refractivity contribution in [2.24, 2.45) is 0 Å². The van der Waals surface area contributed by atoms with Gasteiger partial charge in [-0.05, 0) is 28.1 Å². The minimum atomic E-state index is -4.77. The second-order valence-electron chi connectivity index (χ2n) is 3.70. The predicted molar refractivity (Wildman–Crippen MR) is 71.3 cm³/mol. The van der Waals surface area contributed by atoms with Gasteiger partial charge >= 0.3 is 6.18 Å². The number of nitrogens with one attached hydrogen (secondary N) is 1. The van der Waals surface area contributed by atoms with Crippen molar-refractivity contribution in [3.05, 3.63) is 39.0 Å². The number of nitrogens with zero attached hydrogens (tertiary/aromatic N) is 4. The van der Waals surface area contributed by atoms with E-state index in [9.17, 15) is 13.2 Å². The Hall–Kier alpha value is -3.01. The Labute approximate surface area is 131 Å². The van der Waals surface area contributed by atoms with E-state index in [0.29, 0.717) is 6.07 Å².